The van der Waals surface area contributed by atoms with Gasteiger partial charge >= 0.3 is 0 Å². The van der Waals surface area contributed by atoms with E-state index in [1.54, 1.807) is 0 Å². The fraction of sp³-hybridized carbons (Fsp3) is 0.933. The summed E-state index contributed by atoms with van der Waals surface area (Å²) in [6, 6.07) is 0.214. The number of hydrogen-bond acceptors (Lipinski definition) is 2. The predicted molar refractivity (Wildman–Crippen MR) is 80.5 cm³/mol. The maximum Gasteiger partial charge on any atom is 0.229 e. The highest BCUT2D eigenvalue weighted by atomic mass is 79.9. The van der Waals surface area contributed by atoms with Gasteiger partial charge in [-0.15, -0.1) is 0 Å². The van der Waals surface area contributed by atoms with Gasteiger partial charge in [0.2, 0.25) is 5.91 Å². The molecule has 0 aromatic heterocycles. The number of hydrogen-bond donors (Lipinski definition) is 0. The molecule has 3 nitrogen and oxygen atoms in total. The zero-order valence-electron chi connectivity index (χ0n) is 12.2. The van der Waals surface area contributed by atoms with E-state index in [4.69, 9.17) is 4.74 Å². The first-order valence-electron chi connectivity index (χ1n) is 7.54. The number of nitrogens with zero attached hydrogens (tertiary/aromatic N) is 1. The van der Waals surface area contributed by atoms with Crippen molar-refractivity contribution in [3.05, 3.63) is 0 Å². The van der Waals surface area contributed by atoms with E-state index in [-0.39, 0.29) is 11.5 Å². The molecule has 2 rings (SSSR count). The monoisotopic (exact) mass is 331 g/mol. The summed E-state index contributed by atoms with van der Waals surface area (Å²) in [5.74, 6) is 0.983. The summed E-state index contributed by atoms with van der Waals surface area (Å²) in [4.78, 5) is 15.2. The van der Waals surface area contributed by atoms with Crippen molar-refractivity contribution >= 4 is 21.8 Å². The van der Waals surface area contributed by atoms with Gasteiger partial charge in [0.1, 0.15) is 0 Å². The molecule has 0 bridgehead atoms. The average molecular weight is 332 g/mol. The molecule has 2 fully saturated rings. The van der Waals surface area contributed by atoms with Gasteiger partial charge in [-0.1, -0.05) is 42.6 Å². The second kappa shape index (κ2) is 6.57. The van der Waals surface area contributed by atoms with E-state index in [0.29, 0.717) is 25.0 Å². The normalized spacial score (nSPS) is 26.9. The Labute approximate surface area is 125 Å². The maximum atomic E-state index is 13.1. The van der Waals surface area contributed by atoms with Crippen LogP contribution in [0.1, 0.15) is 46.0 Å². The van der Waals surface area contributed by atoms with Crippen LogP contribution in [0.25, 0.3) is 0 Å². The molecule has 110 valence electrons. The Bertz CT molecular complexity index is 313. The Kier molecular flexibility index (Phi) is 5.29. The molecule has 0 spiro atoms. The third kappa shape index (κ3) is 3.33. The molecule has 1 heterocycles. The number of carbonyl (C=O) groups is 1. The molecule has 0 aromatic rings. The van der Waals surface area contributed by atoms with Crippen molar-refractivity contribution in [2.45, 2.75) is 52.0 Å². The summed E-state index contributed by atoms with van der Waals surface area (Å²) < 4.78 is 5.51. The summed E-state index contributed by atoms with van der Waals surface area (Å²) in [6.45, 7) is 6.58. The van der Waals surface area contributed by atoms with Gasteiger partial charge in [-0.25, -0.2) is 0 Å². The zero-order valence-corrected chi connectivity index (χ0v) is 13.7. The average Bonchev–Trinajstić information content (AvgIpc) is 2.86. The van der Waals surface area contributed by atoms with E-state index in [0.717, 1.165) is 31.1 Å². The number of amides is 1. The van der Waals surface area contributed by atoms with Crippen LogP contribution in [0.2, 0.25) is 0 Å². The van der Waals surface area contributed by atoms with E-state index in [1.165, 1.54) is 12.8 Å². The van der Waals surface area contributed by atoms with Gasteiger partial charge in [0.15, 0.2) is 0 Å². The lowest BCUT2D eigenvalue weighted by molar-refractivity contribution is -0.150. The quantitative estimate of drug-likeness (QED) is 0.740. The number of morpholine rings is 1. The van der Waals surface area contributed by atoms with Gasteiger partial charge in [-0.3, -0.25) is 4.79 Å². The first-order valence-corrected chi connectivity index (χ1v) is 8.66. The minimum atomic E-state index is -0.0775. The Morgan fingerprint density at radius 1 is 1.42 bits per heavy atom. The lowest BCUT2D eigenvalue weighted by Crippen LogP contribution is -2.54. The Morgan fingerprint density at radius 3 is 2.68 bits per heavy atom. The van der Waals surface area contributed by atoms with Gasteiger partial charge in [0.25, 0.3) is 0 Å². The number of ether oxygens (including phenoxy) is 1. The van der Waals surface area contributed by atoms with Crippen LogP contribution in [0.4, 0.5) is 0 Å². The van der Waals surface area contributed by atoms with Crippen molar-refractivity contribution in [1.82, 2.24) is 4.90 Å². The van der Waals surface area contributed by atoms with Crippen LogP contribution in [0.15, 0.2) is 0 Å². The molecule has 1 atom stereocenters. The largest absolute Gasteiger partial charge is 0.377 e. The summed E-state index contributed by atoms with van der Waals surface area (Å²) in [5, 5.41) is 0.816. The van der Waals surface area contributed by atoms with Crippen molar-refractivity contribution in [2.24, 2.45) is 11.3 Å². The van der Waals surface area contributed by atoms with E-state index < -0.39 is 0 Å². The molecular formula is C15H26BrNO2. The smallest absolute Gasteiger partial charge is 0.229 e. The summed E-state index contributed by atoms with van der Waals surface area (Å²) in [6.07, 6.45) is 5.62. The van der Waals surface area contributed by atoms with Crippen LogP contribution < -0.4 is 0 Å². The number of rotatable bonds is 4. The van der Waals surface area contributed by atoms with Crippen molar-refractivity contribution in [1.29, 1.82) is 0 Å². The first-order chi connectivity index (χ1) is 9.09. The molecule has 0 aromatic carbocycles. The minimum Gasteiger partial charge on any atom is -0.377 e. The third-order valence-corrected chi connectivity index (χ3v) is 5.23. The van der Waals surface area contributed by atoms with E-state index in [1.807, 2.05) is 0 Å². The topological polar surface area (TPSA) is 29.5 Å². The summed E-state index contributed by atoms with van der Waals surface area (Å²) >= 11 is 3.52. The lowest BCUT2D eigenvalue weighted by atomic mass is 9.77. The lowest BCUT2D eigenvalue weighted by Gasteiger charge is -2.41. The highest BCUT2D eigenvalue weighted by Crippen LogP contribution is 2.45. The molecule has 0 N–H and O–H groups in total. The molecule has 2 aliphatic rings. The standard InChI is InChI=1S/C15H26BrNO2/c1-12(2)9-15(5-3-4-6-15)14(18)17-7-8-19-11-13(17)10-16/h12-13H,3-11H2,1-2H3. The second-order valence-electron chi connectivity index (χ2n) is 6.47. The van der Waals surface area contributed by atoms with Crippen LogP contribution in [0.3, 0.4) is 0 Å². The first kappa shape index (κ1) is 15.3. The highest BCUT2D eigenvalue weighted by molar-refractivity contribution is 9.09. The number of halogens is 1. The van der Waals surface area contributed by atoms with Crippen molar-refractivity contribution in [2.75, 3.05) is 25.1 Å². The second-order valence-corrected chi connectivity index (χ2v) is 7.11. The molecule has 19 heavy (non-hydrogen) atoms. The highest BCUT2D eigenvalue weighted by Gasteiger charge is 2.45. The zero-order chi connectivity index (χ0) is 13.9. The van der Waals surface area contributed by atoms with Crippen molar-refractivity contribution in [3.63, 3.8) is 0 Å². The minimum absolute atomic E-state index is 0.0775. The predicted octanol–water partition coefficient (Wildman–Crippen LogP) is 3.22. The molecule has 4 heteroatoms. The van der Waals surface area contributed by atoms with Crippen LogP contribution in [-0.2, 0) is 9.53 Å². The molecule has 1 aliphatic carbocycles. The van der Waals surface area contributed by atoms with Crippen LogP contribution >= 0.6 is 15.9 Å². The van der Waals surface area contributed by atoms with E-state index in [9.17, 15) is 4.79 Å². The molecule has 1 unspecified atom stereocenters. The Hall–Kier alpha value is -0.0900. The van der Waals surface area contributed by atoms with E-state index in [2.05, 4.69) is 34.7 Å². The van der Waals surface area contributed by atoms with Crippen molar-refractivity contribution in [3.8, 4) is 0 Å². The SMILES string of the molecule is CC(C)CC1(C(=O)N2CCOCC2CBr)CCCC1. The number of alkyl halides is 1. The fourth-order valence-electron chi connectivity index (χ4n) is 3.69. The summed E-state index contributed by atoms with van der Waals surface area (Å²) in [7, 11) is 0. The molecular weight excluding hydrogens is 306 g/mol. The third-order valence-electron chi connectivity index (χ3n) is 4.48. The van der Waals surface area contributed by atoms with Gasteiger partial charge in [-0.2, -0.15) is 0 Å². The molecule has 1 amide bonds. The maximum absolute atomic E-state index is 13.1. The molecule has 1 saturated heterocycles. The van der Waals surface area contributed by atoms with Gasteiger partial charge < -0.3 is 9.64 Å². The Balaban J connectivity index is 2.14. The van der Waals surface area contributed by atoms with Gasteiger partial charge in [0.05, 0.1) is 19.3 Å². The molecule has 1 aliphatic heterocycles. The van der Waals surface area contributed by atoms with Crippen molar-refractivity contribution < 1.29 is 9.53 Å². The van der Waals surface area contributed by atoms with E-state index >= 15 is 0 Å². The molecule has 0 radical (unpaired) electrons. The van der Waals surface area contributed by atoms with Gasteiger partial charge in [-0.05, 0) is 25.2 Å². The van der Waals surface area contributed by atoms with Crippen LogP contribution in [0.5, 0.6) is 0 Å². The molecule has 1 saturated carbocycles. The summed E-state index contributed by atoms with van der Waals surface area (Å²) in [5.41, 5.74) is -0.0775. The van der Waals surface area contributed by atoms with Crippen LogP contribution in [-0.4, -0.2) is 41.9 Å². The number of carbonyl (C=O) groups excluding carboxylic acids is 1. The van der Waals surface area contributed by atoms with Crippen LogP contribution in [0, 0.1) is 11.3 Å². The fourth-order valence-corrected chi connectivity index (χ4v) is 4.23. The van der Waals surface area contributed by atoms with Gasteiger partial charge in [0, 0.05) is 17.3 Å². The Morgan fingerprint density at radius 2 is 2.11 bits per heavy atom.